The fourth-order valence-corrected chi connectivity index (χ4v) is 7.50. The third kappa shape index (κ3) is 5.08. The Hall–Kier alpha value is -4.16. The van der Waals surface area contributed by atoms with Gasteiger partial charge in [-0.3, -0.25) is 9.69 Å². The first-order valence-corrected chi connectivity index (χ1v) is 15.6. The number of hydrogen-bond acceptors (Lipinski definition) is 8. The number of rotatable bonds is 7. The van der Waals surface area contributed by atoms with Crippen LogP contribution in [0.15, 0.2) is 55.1 Å². The van der Waals surface area contributed by atoms with Gasteiger partial charge in [-0.05, 0) is 63.2 Å². The summed E-state index contributed by atoms with van der Waals surface area (Å²) >= 11 is 0. The number of amides is 1. The van der Waals surface area contributed by atoms with Crippen molar-refractivity contribution in [1.82, 2.24) is 19.8 Å². The Labute approximate surface area is 253 Å². The van der Waals surface area contributed by atoms with E-state index in [2.05, 4.69) is 76.9 Å². The molecule has 43 heavy (non-hydrogen) atoms. The third-order valence-corrected chi connectivity index (χ3v) is 9.86. The molecule has 2 atom stereocenters. The van der Waals surface area contributed by atoms with Crippen molar-refractivity contribution in [1.29, 1.82) is 5.26 Å². The molecule has 1 aromatic heterocycles. The Bertz CT molecular complexity index is 1590. The molecule has 0 N–H and O–H groups in total. The number of ether oxygens (including phenoxy) is 1. The Kier molecular flexibility index (Phi) is 7.18. The fraction of sp³-hybridized carbons (Fsp3) is 0.471. The van der Waals surface area contributed by atoms with Crippen molar-refractivity contribution in [3.8, 4) is 12.1 Å². The van der Waals surface area contributed by atoms with E-state index in [4.69, 9.17) is 14.7 Å². The van der Waals surface area contributed by atoms with Crippen molar-refractivity contribution in [3.63, 3.8) is 0 Å². The molecule has 0 radical (unpaired) electrons. The topological polar surface area (TPSA) is 88.8 Å². The van der Waals surface area contributed by atoms with E-state index < -0.39 is 0 Å². The number of aromatic nitrogens is 2. The maximum Gasteiger partial charge on any atom is 0.319 e. The number of hydrogen-bond donors (Lipinski definition) is 0. The average molecular weight is 578 g/mol. The van der Waals surface area contributed by atoms with Crippen LogP contribution in [0.2, 0.25) is 0 Å². The molecule has 2 aromatic carbocycles. The molecule has 1 amide bonds. The lowest BCUT2D eigenvalue weighted by atomic mass is 10.0. The number of nitriles is 1. The van der Waals surface area contributed by atoms with Crippen molar-refractivity contribution < 1.29 is 9.53 Å². The van der Waals surface area contributed by atoms with Crippen LogP contribution < -0.4 is 14.5 Å². The molecular weight excluding hydrogens is 538 g/mol. The standard InChI is InChI=1S/C34H39N7O2/c1-3-31(42)41-21-20-40(22-25(41)13-17-35)32-27-14-19-39(29-11-6-9-24-8-4-5-10-26(24)29)23-28(27)36-33(37-32)43-34(15-16-34)30-12-7-18-38(30)2/h3-6,8-11,25,30H,1,7,12-16,18-23H2,2H3/t25-,30-/m0/s1. The van der Waals surface area contributed by atoms with Crippen LogP contribution in [0.3, 0.4) is 0 Å². The maximum absolute atomic E-state index is 12.6. The van der Waals surface area contributed by atoms with Crippen LogP contribution in [0.5, 0.6) is 6.01 Å². The van der Waals surface area contributed by atoms with Crippen LogP contribution in [-0.4, -0.2) is 83.1 Å². The Morgan fingerprint density at radius 1 is 1.12 bits per heavy atom. The van der Waals surface area contributed by atoms with Crippen molar-refractivity contribution in [3.05, 3.63) is 66.4 Å². The molecule has 3 aliphatic heterocycles. The number of likely N-dealkylation sites (tertiary alicyclic amines) is 1. The summed E-state index contributed by atoms with van der Waals surface area (Å²) in [6.07, 6.45) is 6.78. The van der Waals surface area contributed by atoms with Gasteiger partial charge in [-0.25, -0.2) is 0 Å². The van der Waals surface area contributed by atoms with Crippen LogP contribution in [0.1, 0.15) is 43.4 Å². The maximum atomic E-state index is 12.6. The monoisotopic (exact) mass is 577 g/mol. The van der Waals surface area contributed by atoms with E-state index in [1.807, 2.05) is 0 Å². The predicted octanol–water partition coefficient (Wildman–Crippen LogP) is 4.31. The van der Waals surface area contributed by atoms with Gasteiger partial charge >= 0.3 is 6.01 Å². The largest absolute Gasteiger partial charge is 0.455 e. The molecule has 1 aliphatic carbocycles. The van der Waals surface area contributed by atoms with E-state index in [0.717, 1.165) is 55.8 Å². The van der Waals surface area contributed by atoms with Gasteiger partial charge in [-0.1, -0.05) is 43.0 Å². The lowest BCUT2D eigenvalue weighted by Gasteiger charge is -2.42. The average Bonchev–Trinajstić information content (AvgIpc) is 3.67. The van der Waals surface area contributed by atoms with Gasteiger partial charge in [0.25, 0.3) is 0 Å². The summed E-state index contributed by atoms with van der Waals surface area (Å²) in [5.74, 6) is 0.762. The number of carbonyl (C=O) groups is 1. The molecule has 4 heterocycles. The zero-order valence-corrected chi connectivity index (χ0v) is 24.9. The van der Waals surface area contributed by atoms with Gasteiger partial charge in [0, 0.05) is 48.9 Å². The van der Waals surface area contributed by atoms with Crippen molar-refractivity contribution in [2.24, 2.45) is 0 Å². The van der Waals surface area contributed by atoms with E-state index in [-0.39, 0.29) is 24.0 Å². The minimum atomic E-state index is -0.225. The molecule has 3 aromatic rings. The van der Waals surface area contributed by atoms with Gasteiger partial charge in [0.2, 0.25) is 5.91 Å². The van der Waals surface area contributed by atoms with E-state index >= 15 is 0 Å². The molecule has 3 fully saturated rings. The molecule has 222 valence electrons. The zero-order valence-electron chi connectivity index (χ0n) is 24.9. The Morgan fingerprint density at radius 2 is 1.95 bits per heavy atom. The molecule has 0 bridgehead atoms. The number of fused-ring (bicyclic) bond motifs is 2. The Balaban J connectivity index is 1.25. The summed E-state index contributed by atoms with van der Waals surface area (Å²) in [6, 6.07) is 17.9. The molecular formula is C34H39N7O2. The first-order chi connectivity index (χ1) is 21.0. The number of nitrogens with zero attached hydrogens (tertiary/aromatic N) is 7. The first kappa shape index (κ1) is 27.7. The van der Waals surface area contributed by atoms with Gasteiger partial charge in [-0.15, -0.1) is 0 Å². The highest BCUT2D eigenvalue weighted by atomic mass is 16.5. The second kappa shape index (κ2) is 11.2. The van der Waals surface area contributed by atoms with Crippen molar-refractivity contribution in [2.45, 2.75) is 62.8 Å². The molecule has 9 nitrogen and oxygen atoms in total. The van der Waals surface area contributed by atoms with Crippen LogP contribution in [0, 0.1) is 11.3 Å². The highest BCUT2D eigenvalue weighted by Crippen LogP contribution is 2.48. The van der Waals surface area contributed by atoms with Gasteiger partial charge in [0.1, 0.15) is 11.4 Å². The van der Waals surface area contributed by atoms with Gasteiger partial charge in [0.05, 0.1) is 30.8 Å². The number of benzene rings is 2. The number of piperazine rings is 1. The smallest absolute Gasteiger partial charge is 0.319 e. The Morgan fingerprint density at radius 3 is 2.72 bits per heavy atom. The second-order valence-electron chi connectivity index (χ2n) is 12.4. The molecule has 2 saturated heterocycles. The van der Waals surface area contributed by atoms with Crippen LogP contribution in [0.25, 0.3) is 10.8 Å². The second-order valence-corrected chi connectivity index (χ2v) is 12.4. The summed E-state index contributed by atoms with van der Waals surface area (Å²) in [5.41, 5.74) is 3.13. The van der Waals surface area contributed by atoms with Crippen molar-refractivity contribution >= 4 is 28.2 Å². The molecule has 1 saturated carbocycles. The summed E-state index contributed by atoms with van der Waals surface area (Å²) < 4.78 is 6.79. The van der Waals surface area contributed by atoms with Gasteiger partial charge in [-0.2, -0.15) is 15.2 Å². The normalized spacial score (nSPS) is 23.1. The van der Waals surface area contributed by atoms with Crippen LogP contribution in [0.4, 0.5) is 11.5 Å². The quantitative estimate of drug-likeness (QED) is 0.384. The first-order valence-electron chi connectivity index (χ1n) is 15.6. The summed E-state index contributed by atoms with van der Waals surface area (Å²) in [5, 5.41) is 12.0. The van der Waals surface area contributed by atoms with Crippen molar-refractivity contribution in [2.75, 3.05) is 49.6 Å². The number of likely N-dealkylation sites (N-methyl/N-ethyl adjacent to an activating group) is 1. The molecule has 0 unspecified atom stereocenters. The minimum absolute atomic E-state index is 0.129. The molecule has 7 rings (SSSR count). The van der Waals surface area contributed by atoms with Gasteiger partial charge in [0.15, 0.2) is 0 Å². The van der Waals surface area contributed by atoms with Crippen LogP contribution in [-0.2, 0) is 17.8 Å². The zero-order chi connectivity index (χ0) is 29.6. The predicted molar refractivity (Wildman–Crippen MR) is 167 cm³/mol. The SMILES string of the molecule is C=CC(=O)N1CCN(c2nc(OC3([C@@H]4CCCN4C)CC3)nc3c2CCN(c2cccc4ccccc24)C3)C[C@@H]1CC#N. The third-order valence-electron chi connectivity index (χ3n) is 9.86. The molecule has 0 spiro atoms. The number of carbonyl (C=O) groups excluding carboxylic acids is 1. The molecule has 4 aliphatic rings. The molecule has 9 heteroatoms. The lowest BCUT2D eigenvalue weighted by Crippen LogP contribution is -2.55. The van der Waals surface area contributed by atoms with E-state index in [0.29, 0.717) is 38.2 Å². The summed E-state index contributed by atoms with van der Waals surface area (Å²) in [7, 11) is 2.20. The van der Waals surface area contributed by atoms with E-state index in [1.165, 1.54) is 29.0 Å². The lowest BCUT2D eigenvalue weighted by molar-refractivity contribution is -0.128. The number of anilines is 2. The summed E-state index contributed by atoms with van der Waals surface area (Å²) in [4.78, 5) is 31.7. The minimum Gasteiger partial charge on any atom is -0.455 e. The highest BCUT2D eigenvalue weighted by Gasteiger charge is 2.55. The van der Waals surface area contributed by atoms with E-state index in [9.17, 15) is 10.1 Å². The summed E-state index contributed by atoms with van der Waals surface area (Å²) in [6.45, 7) is 7.98. The van der Waals surface area contributed by atoms with E-state index in [1.54, 1.807) is 4.90 Å². The van der Waals surface area contributed by atoms with Gasteiger partial charge < -0.3 is 19.4 Å². The highest BCUT2D eigenvalue weighted by molar-refractivity contribution is 5.94. The van der Waals surface area contributed by atoms with Crippen LogP contribution >= 0.6 is 0 Å². The fourth-order valence-electron chi connectivity index (χ4n) is 7.50.